The summed E-state index contributed by atoms with van der Waals surface area (Å²) in [6.45, 7) is 0. The molecule has 58 heavy (non-hydrogen) atoms. The highest BCUT2D eigenvalue weighted by Crippen LogP contribution is 2.42. The summed E-state index contributed by atoms with van der Waals surface area (Å²) in [5, 5.41) is 6.20. The molecule has 1 nitrogen and oxygen atoms in total. The first-order chi connectivity index (χ1) is 32.1. The van der Waals surface area contributed by atoms with Gasteiger partial charge in [-0.1, -0.05) is 176 Å². The monoisotopic (exact) mass is 763 g/mol. The zero-order valence-electron chi connectivity index (χ0n) is 39.1. The standard InChI is InChI=1S/C56H37NS/c1-2-11-45-37-46(24-23-38(45)9-1)41-21-19-39(20-22-41)40-25-31-47(32-26-40)57(48-33-27-43(28-34-48)51-15-7-12-42-10-3-4-13-50(42)51)49-35-29-44(30-36-49)52-16-8-17-54-53-14-5-6-18-55(53)58-56(52)54/h1-37H/i25D,26D,27D,28D,31D,32D,33D,34D. The zero-order valence-corrected chi connectivity index (χ0v) is 31.9. The Morgan fingerprint density at radius 2 is 0.862 bits per heavy atom. The summed E-state index contributed by atoms with van der Waals surface area (Å²) >= 11 is 1.71. The summed E-state index contributed by atoms with van der Waals surface area (Å²) in [6, 6.07) is 54.1. The number of anilines is 3. The van der Waals surface area contributed by atoms with E-state index in [-0.39, 0.29) is 58.8 Å². The molecule has 0 spiro atoms. The van der Waals surface area contributed by atoms with Gasteiger partial charge in [-0.25, -0.2) is 0 Å². The van der Waals surface area contributed by atoms with E-state index in [1.807, 2.05) is 97.1 Å². The highest BCUT2D eigenvalue weighted by molar-refractivity contribution is 7.26. The maximum absolute atomic E-state index is 9.59. The molecule has 0 radical (unpaired) electrons. The quantitative estimate of drug-likeness (QED) is 0.156. The number of rotatable bonds is 7. The number of fused-ring (bicyclic) bond motifs is 5. The lowest BCUT2D eigenvalue weighted by Gasteiger charge is -2.26. The zero-order chi connectivity index (χ0) is 45.4. The van der Waals surface area contributed by atoms with Crippen molar-refractivity contribution in [1.82, 2.24) is 0 Å². The van der Waals surface area contributed by atoms with Crippen molar-refractivity contribution in [3.8, 4) is 44.5 Å². The Morgan fingerprint density at radius 3 is 1.62 bits per heavy atom. The summed E-state index contributed by atoms with van der Waals surface area (Å²) in [4.78, 5) is 1.37. The average molecular weight is 764 g/mol. The molecule has 0 aliphatic heterocycles. The molecule has 0 atom stereocenters. The third kappa shape index (κ3) is 6.12. The molecule has 0 amide bonds. The van der Waals surface area contributed by atoms with E-state index in [9.17, 15) is 11.0 Å². The Balaban J connectivity index is 1.08. The van der Waals surface area contributed by atoms with Crippen LogP contribution in [0.5, 0.6) is 0 Å². The van der Waals surface area contributed by atoms with Gasteiger partial charge in [0.05, 0.1) is 11.0 Å². The largest absolute Gasteiger partial charge is 0.311 e. The van der Waals surface area contributed by atoms with Crippen LogP contribution in [0.4, 0.5) is 17.1 Å². The second-order valence-corrected chi connectivity index (χ2v) is 15.3. The van der Waals surface area contributed by atoms with Crippen molar-refractivity contribution in [1.29, 1.82) is 0 Å². The minimum Gasteiger partial charge on any atom is -0.311 e. The summed E-state index contributed by atoms with van der Waals surface area (Å²) in [6.07, 6.45) is 0. The van der Waals surface area contributed by atoms with Crippen molar-refractivity contribution in [2.45, 2.75) is 0 Å². The van der Waals surface area contributed by atoms with E-state index in [0.717, 1.165) is 53.9 Å². The van der Waals surface area contributed by atoms with Crippen LogP contribution in [-0.2, 0) is 0 Å². The Kier molecular flexibility index (Phi) is 6.57. The van der Waals surface area contributed by atoms with Crippen molar-refractivity contribution >= 4 is 70.1 Å². The summed E-state index contributed by atoms with van der Waals surface area (Å²) in [5.74, 6) is 0. The van der Waals surface area contributed by atoms with Gasteiger partial charge in [-0.05, 0) is 114 Å². The third-order valence-electron chi connectivity index (χ3n) is 10.8. The van der Waals surface area contributed by atoms with E-state index in [4.69, 9.17) is 0 Å². The SMILES string of the molecule is [2H]c1c([2H])c(N(c2ccc(-c3cccc4c3sc3ccccc34)cc2)c2c([2H])c([2H])c(-c3cccc4ccccc34)c([2H])c2[2H])c([2H])c([2H])c1-c1ccc(-c2ccc3ccccc3c2)cc1. The molecule has 1 aromatic heterocycles. The molecule has 0 saturated heterocycles. The van der Waals surface area contributed by atoms with Crippen molar-refractivity contribution in [3.63, 3.8) is 0 Å². The van der Waals surface area contributed by atoms with E-state index in [1.165, 1.54) is 15.0 Å². The second-order valence-electron chi connectivity index (χ2n) is 14.3. The van der Waals surface area contributed by atoms with Crippen molar-refractivity contribution in [3.05, 3.63) is 224 Å². The summed E-state index contributed by atoms with van der Waals surface area (Å²) < 4.78 is 78.4. The van der Waals surface area contributed by atoms with Crippen molar-refractivity contribution < 1.29 is 11.0 Å². The number of nitrogens with zero attached hydrogens (tertiary/aromatic N) is 1. The van der Waals surface area contributed by atoms with Gasteiger partial charge in [-0.3, -0.25) is 0 Å². The van der Waals surface area contributed by atoms with E-state index >= 15 is 0 Å². The summed E-state index contributed by atoms with van der Waals surface area (Å²) in [5.41, 5.74) is 5.07. The molecule has 10 aromatic carbocycles. The fraction of sp³-hybridized carbons (Fsp3) is 0. The average Bonchev–Trinajstić information content (AvgIpc) is 3.74. The van der Waals surface area contributed by atoms with Gasteiger partial charge in [-0.2, -0.15) is 0 Å². The van der Waals surface area contributed by atoms with Gasteiger partial charge >= 0.3 is 0 Å². The number of thiophene rings is 1. The van der Waals surface area contributed by atoms with E-state index < -0.39 is 12.1 Å². The minimum atomic E-state index is -0.390. The van der Waals surface area contributed by atoms with Gasteiger partial charge < -0.3 is 4.90 Å². The van der Waals surface area contributed by atoms with Crippen LogP contribution >= 0.6 is 11.3 Å². The first-order valence-electron chi connectivity index (χ1n) is 23.2. The molecule has 0 aliphatic rings. The molecule has 1 heterocycles. The Morgan fingerprint density at radius 1 is 0.328 bits per heavy atom. The molecule has 0 unspecified atom stereocenters. The first kappa shape index (κ1) is 26.6. The number of hydrogen-bond acceptors (Lipinski definition) is 2. The van der Waals surface area contributed by atoms with E-state index in [0.29, 0.717) is 16.8 Å². The van der Waals surface area contributed by atoms with Gasteiger partial charge in [0.2, 0.25) is 0 Å². The molecule has 2 heteroatoms. The molecular formula is C56H37NS. The highest BCUT2D eigenvalue weighted by atomic mass is 32.1. The van der Waals surface area contributed by atoms with E-state index in [2.05, 4.69) is 48.5 Å². The van der Waals surface area contributed by atoms with Crippen LogP contribution in [0.1, 0.15) is 11.0 Å². The predicted molar refractivity (Wildman–Crippen MR) is 251 cm³/mol. The van der Waals surface area contributed by atoms with Gasteiger partial charge in [0.1, 0.15) is 0 Å². The maximum Gasteiger partial charge on any atom is 0.0645 e. The fourth-order valence-electron chi connectivity index (χ4n) is 7.89. The van der Waals surface area contributed by atoms with Crippen LogP contribution in [0.15, 0.2) is 224 Å². The summed E-state index contributed by atoms with van der Waals surface area (Å²) in [7, 11) is 0. The van der Waals surface area contributed by atoms with Crippen LogP contribution in [0.2, 0.25) is 0 Å². The van der Waals surface area contributed by atoms with Gasteiger partial charge in [-0.15, -0.1) is 11.3 Å². The Bertz CT molecular complexity index is 3690. The lowest BCUT2D eigenvalue weighted by atomic mass is 9.97. The van der Waals surface area contributed by atoms with Crippen molar-refractivity contribution in [2.24, 2.45) is 0 Å². The first-order valence-corrected chi connectivity index (χ1v) is 20.0. The molecule has 0 saturated carbocycles. The molecule has 0 aliphatic carbocycles. The lowest BCUT2D eigenvalue weighted by molar-refractivity contribution is 1.28. The predicted octanol–water partition coefficient (Wildman–Crippen LogP) is 16.5. The van der Waals surface area contributed by atoms with Crippen LogP contribution < -0.4 is 4.90 Å². The highest BCUT2D eigenvalue weighted by Gasteiger charge is 2.16. The van der Waals surface area contributed by atoms with Gasteiger partial charge in [0.25, 0.3) is 0 Å². The maximum atomic E-state index is 9.59. The minimum absolute atomic E-state index is 0.108. The molecule has 11 rings (SSSR count). The van der Waals surface area contributed by atoms with E-state index in [1.54, 1.807) is 41.7 Å². The Hall–Kier alpha value is -7.26. The molecule has 0 N–H and O–H groups in total. The molecule has 0 fully saturated rings. The molecule has 272 valence electrons. The molecular weight excluding hydrogens is 719 g/mol. The molecule has 11 aromatic rings. The normalized spacial score (nSPS) is 13.4. The number of benzene rings is 10. The van der Waals surface area contributed by atoms with Crippen LogP contribution in [-0.4, -0.2) is 0 Å². The Labute approximate surface area is 353 Å². The van der Waals surface area contributed by atoms with Crippen LogP contribution in [0.25, 0.3) is 86.2 Å². The van der Waals surface area contributed by atoms with Gasteiger partial charge in [0, 0.05) is 37.2 Å². The molecule has 0 bridgehead atoms. The fourth-order valence-corrected chi connectivity index (χ4v) is 9.13. The second kappa shape index (κ2) is 14.4. The topological polar surface area (TPSA) is 3.24 Å². The van der Waals surface area contributed by atoms with Crippen LogP contribution in [0, 0.1) is 0 Å². The number of hydrogen-bond donors (Lipinski definition) is 0. The lowest BCUT2D eigenvalue weighted by Crippen LogP contribution is -2.09. The van der Waals surface area contributed by atoms with Gasteiger partial charge in [0.15, 0.2) is 0 Å². The smallest absolute Gasteiger partial charge is 0.0645 e. The van der Waals surface area contributed by atoms with Crippen LogP contribution in [0.3, 0.4) is 0 Å². The van der Waals surface area contributed by atoms with Crippen molar-refractivity contribution in [2.75, 3.05) is 4.90 Å². The third-order valence-corrected chi connectivity index (χ3v) is 12.0.